The number of hydrogen-bond donors (Lipinski definition) is 1. The van der Waals surface area contributed by atoms with Gasteiger partial charge < -0.3 is 5.32 Å². The van der Waals surface area contributed by atoms with Crippen LogP contribution in [0.3, 0.4) is 0 Å². The molecule has 1 rings (SSSR count). The van der Waals surface area contributed by atoms with Crippen LogP contribution in [0.5, 0.6) is 0 Å². The maximum Gasteiger partial charge on any atom is 0.0191 e. The van der Waals surface area contributed by atoms with E-state index in [0.29, 0.717) is 0 Å². The molecule has 0 amide bonds. The molecule has 1 N–H and O–H groups in total. The molecular weight excluding hydrogens is 174 g/mol. The van der Waals surface area contributed by atoms with Gasteiger partial charge in [0.05, 0.1) is 0 Å². The summed E-state index contributed by atoms with van der Waals surface area (Å²) >= 11 is 4.06. The lowest BCUT2D eigenvalue weighted by Crippen LogP contribution is -2.32. The van der Waals surface area contributed by atoms with Gasteiger partial charge in [-0.15, -0.1) is 0 Å². The maximum atomic E-state index is 3.39. The minimum Gasteiger partial charge on any atom is -0.316 e. The molecule has 0 radical (unpaired) electrons. The third kappa shape index (κ3) is 2.88. The van der Waals surface area contributed by atoms with E-state index in [0.717, 1.165) is 12.0 Å². The van der Waals surface area contributed by atoms with Crippen LogP contribution in [0.25, 0.3) is 0 Å². The average Bonchev–Trinajstić information content (AvgIpc) is 2.47. The van der Waals surface area contributed by atoms with Gasteiger partial charge in [0, 0.05) is 11.8 Å². The Kier molecular flexibility index (Phi) is 4.72. The van der Waals surface area contributed by atoms with Crippen molar-refractivity contribution in [2.75, 3.05) is 30.6 Å². The van der Waals surface area contributed by atoms with Crippen LogP contribution in [0.15, 0.2) is 0 Å². The van der Waals surface area contributed by atoms with Crippen LogP contribution in [-0.4, -0.2) is 36.6 Å². The second-order valence-corrected chi connectivity index (χ2v) is 5.03. The topological polar surface area (TPSA) is 12.0 Å². The first kappa shape index (κ1) is 9.75. The van der Waals surface area contributed by atoms with E-state index in [4.69, 9.17) is 0 Å². The lowest BCUT2D eigenvalue weighted by atomic mass is 10.0. The zero-order chi connectivity index (χ0) is 8.10. The van der Waals surface area contributed by atoms with Crippen LogP contribution in [0.2, 0.25) is 0 Å². The normalized spacial score (nSPS) is 31.1. The van der Waals surface area contributed by atoms with Crippen molar-refractivity contribution < 1.29 is 0 Å². The quantitative estimate of drug-likeness (QED) is 0.726. The number of thioether (sulfide) groups is 2. The Hall–Kier alpha value is 0.660. The summed E-state index contributed by atoms with van der Waals surface area (Å²) in [6.45, 7) is 0. The van der Waals surface area contributed by atoms with Gasteiger partial charge in [-0.3, -0.25) is 0 Å². The molecule has 0 aromatic heterocycles. The highest BCUT2D eigenvalue weighted by Gasteiger charge is 2.25. The third-order valence-corrected chi connectivity index (χ3v) is 4.16. The summed E-state index contributed by atoms with van der Waals surface area (Å²) in [6, 6.07) is 0.784. The van der Waals surface area contributed by atoms with Crippen molar-refractivity contribution >= 4 is 23.5 Å². The zero-order valence-corrected chi connectivity index (χ0v) is 8.93. The molecule has 1 nitrogen and oxygen atoms in total. The van der Waals surface area contributed by atoms with Gasteiger partial charge in [-0.25, -0.2) is 0 Å². The van der Waals surface area contributed by atoms with Crippen LogP contribution >= 0.6 is 23.5 Å². The van der Waals surface area contributed by atoms with Crippen molar-refractivity contribution in [3.8, 4) is 0 Å². The lowest BCUT2D eigenvalue weighted by Gasteiger charge is -2.16. The van der Waals surface area contributed by atoms with E-state index in [1.54, 1.807) is 0 Å². The summed E-state index contributed by atoms with van der Waals surface area (Å²) in [4.78, 5) is 0. The van der Waals surface area contributed by atoms with Crippen LogP contribution in [0.4, 0.5) is 0 Å². The van der Waals surface area contributed by atoms with Gasteiger partial charge in [0.25, 0.3) is 0 Å². The monoisotopic (exact) mass is 191 g/mol. The van der Waals surface area contributed by atoms with Gasteiger partial charge in [-0.05, 0) is 37.1 Å². The minimum atomic E-state index is 0.784. The van der Waals surface area contributed by atoms with Crippen molar-refractivity contribution in [1.29, 1.82) is 0 Å². The Bertz CT molecular complexity index is 108. The Labute approximate surface area is 78.1 Å². The highest BCUT2D eigenvalue weighted by Crippen LogP contribution is 2.27. The Morgan fingerprint density at radius 3 is 3.00 bits per heavy atom. The molecule has 0 saturated carbocycles. The molecule has 0 aromatic carbocycles. The molecule has 1 saturated heterocycles. The molecule has 0 bridgehead atoms. The van der Waals surface area contributed by atoms with E-state index in [2.05, 4.69) is 30.4 Å². The summed E-state index contributed by atoms with van der Waals surface area (Å²) < 4.78 is 0. The van der Waals surface area contributed by atoms with Gasteiger partial charge in [-0.2, -0.15) is 23.5 Å². The fourth-order valence-electron chi connectivity index (χ4n) is 1.47. The number of nitrogens with one attached hydrogen (secondary N) is 1. The molecule has 0 aromatic rings. The highest BCUT2D eigenvalue weighted by molar-refractivity contribution is 7.99. The Balaban J connectivity index is 2.20. The Morgan fingerprint density at radius 2 is 2.36 bits per heavy atom. The molecule has 1 aliphatic rings. The van der Waals surface area contributed by atoms with Gasteiger partial charge in [0.1, 0.15) is 0 Å². The van der Waals surface area contributed by atoms with E-state index >= 15 is 0 Å². The van der Waals surface area contributed by atoms with Gasteiger partial charge in [0.2, 0.25) is 0 Å². The molecule has 1 heterocycles. The van der Waals surface area contributed by atoms with Crippen LogP contribution in [-0.2, 0) is 0 Å². The second kappa shape index (κ2) is 5.33. The third-order valence-electron chi connectivity index (χ3n) is 2.26. The molecule has 66 valence electrons. The predicted octanol–water partition coefficient (Wildman–Crippen LogP) is 1.69. The molecule has 1 fully saturated rings. The highest BCUT2D eigenvalue weighted by atomic mass is 32.2. The standard InChI is InChI=1S/C8H17NS2/c1-9-8-6-11-5-7(8)3-4-10-2/h7-9H,3-6H2,1-2H3. The van der Waals surface area contributed by atoms with E-state index < -0.39 is 0 Å². The van der Waals surface area contributed by atoms with Crippen LogP contribution in [0, 0.1) is 5.92 Å². The Morgan fingerprint density at radius 1 is 1.55 bits per heavy atom. The second-order valence-electron chi connectivity index (χ2n) is 2.97. The van der Waals surface area contributed by atoms with Crippen molar-refractivity contribution in [1.82, 2.24) is 5.32 Å². The summed E-state index contributed by atoms with van der Waals surface area (Å²) in [5, 5.41) is 3.39. The first-order valence-electron chi connectivity index (χ1n) is 4.12. The van der Waals surface area contributed by atoms with E-state index in [1.165, 1.54) is 23.7 Å². The van der Waals surface area contributed by atoms with E-state index in [9.17, 15) is 0 Å². The smallest absolute Gasteiger partial charge is 0.0191 e. The van der Waals surface area contributed by atoms with Crippen molar-refractivity contribution in [3.05, 3.63) is 0 Å². The van der Waals surface area contributed by atoms with E-state index in [-0.39, 0.29) is 0 Å². The van der Waals surface area contributed by atoms with Gasteiger partial charge in [0.15, 0.2) is 0 Å². The van der Waals surface area contributed by atoms with Crippen molar-refractivity contribution in [2.45, 2.75) is 12.5 Å². The molecule has 2 unspecified atom stereocenters. The largest absolute Gasteiger partial charge is 0.316 e. The van der Waals surface area contributed by atoms with Gasteiger partial charge >= 0.3 is 0 Å². The first-order valence-corrected chi connectivity index (χ1v) is 6.67. The molecule has 0 spiro atoms. The molecular formula is C8H17NS2. The van der Waals surface area contributed by atoms with Gasteiger partial charge in [-0.1, -0.05) is 0 Å². The summed E-state index contributed by atoms with van der Waals surface area (Å²) in [7, 11) is 2.09. The molecule has 0 aliphatic carbocycles. The summed E-state index contributed by atoms with van der Waals surface area (Å²) in [5.74, 6) is 4.93. The molecule has 1 aliphatic heterocycles. The molecule has 2 atom stereocenters. The molecule has 11 heavy (non-hydrogen) atoms. The maximum absolute atomic E-state index is 3.39. The summed E-state index contributed by atoms with van der Waals surface area (Å²) in [5.41, 5.74) is 0. The van der Waals surface area contributed by atoms with Crippen molar-refractivity contribution in [3.63, 3.8) is 0 Å². The average molecular weight is 191 g/mol. The minimum absolute atomic E-state index is 0.784. The zero-order valence-electron chi connectivity index (χ0n) is 7.30. The SMILES string of the molecule is CNC1CSCC1CCSC. The van der Waals surface area contributed by atoms with E-state index in [1.807, 2.05) is 11.8 Å². The van der Waals surface area contributed by atoms with Crippen LogP contribution < -0.4 is 5.32 Å². The number of rotatable bonds is 4. The van der Waals surface area contributed by atoms with Crippen LogP contribution in [0.1, 0.15) is 6.42 Å². The van der Waals surface area contributed by atoms with Crippen molar-refractivity contribution in [2.24, 2.45) is 5.92 Å². The predicted molar refractivity (Wildman–Crippen MR) is 56.7 cm³/mol. The number of hydrogen-bond acceptors (Lipinski definition) is 3. The summed E-state index contributed by atoms with van der Waals surface area (Å²) in [6.07, 6.45) is 3.58. The fourth-order valence-corrected chi connectivity index (χ4v) is 3.54. The lowest BCUT2D eigenvalue weighted by molar-refractivity contribution is 0.447. The fraction of sp³-hybridized carbons (Fsp3) is 1.00. The first-order chi connectivity index (χ1) is 5.38. The molecule has 3 heteroatoms.